The van der Waals surface area contributed by atoms with Gasteiger partial charge in [0.15, 0.2) is 0 Å². The SMILES string of the molecule is CCCC(=O)O[C@H]1CC[C@@]2(C)C(CC[C@]3(C)C2CC=C2C4CC(C)(C)CC[C@]4(C(=O)NCCCCCC(=O)N[C@@H](C)C(=O)O)CC[C@]23C)C1(C)C. The van der Waals surface area contributed by atoms with Crippen molar-refractivity contribution >= 4 is 23.8 Å². The molecule has 51 heavy (non-hydrogen) atoms. The second-order valence-corrected chi connectivity index (χ2v) is 19.7. The first-order valence-corrected chi connectivity index (χ1v) is 20.5. The minimum atomic E-state index is -1.04. The normalized spacial score (nSPS) is 38.3. The molecule has 288 valence electrons. The summed E-state index contributed by atoms with van der Waals surface area (Å²) in [5, 5.41) is 14.9. The van der Waals surface area contributed by atoms with Crippen molar-refractivity contribution in [3.63, 3.8) is 0 Å². The number of amides is 2. The average Bonchev–Trinajstić information content (AvgIpc) is 3.04. The number of esters is 1. The van der Waals surface area contributed by atoms with Gasteiger partial charge >= 0.3 is 11.9 Å². The van der Waals surface area contributed by atoms with Crippen molar-refractivity contribution < 1.29 is 29.0 Å². The highest BCUT2D eigenvalue weighted by Crippen LogP contribution is 2.75. The number of carboxylic acid groups (broad SMARTS) is 1. The Bertz CT molecular complexity index is 1390. The van der Waals surface area contributed by atoms with E-state index in [-0.39, 0.29) is 62.3 Å². The van der Waals surface area contributed by atoms with Crippen molar-refractivity contribution in [2.45, 2.75) is 177 Å². The Kier molecular flexibility index (Phi) is 11.3. The Hall–Kier alpha value is -2.38. The van der Waals surface area contributed by atoms with Crippen LogP contribution in [-0.4, -0.2) is 47.6 Å². The van der Waals surface area contributed by atoms with Gasteiger partial charge in [-0.1, -0.05) is 73.5 Å². The predicted molar refractivity (Wildman–Crippen MR) is 201 cm³/mol. The molecule has 0 aromatic heterocycles. The molecule has 0 aliphatic heterocycles. The molecule has 8 nitrogen and oxygen atoms in total. The smallest absolute Gasteiger partial charge is 0.325 e. The van der Waals surface area contributed by atoms with E-state index in [1.165, 1.54) is 13.3 Å². The molecule has 4 saturated carbocycles. The zero-order valence-corrected chi connectivity index (χ0v) is 33.5. The summed E-state index contributed by atoms with van der Waals surface area (Å²) in [5.41, 5.74) is 1.66. The molecule has 3 unspecified atom stereocenters. The van der Waals surface area contributed by atoms with Crippen molar-refractivity contribution in [2.75, 3.05) is 6.54 Å². The summed E-state index contributed by atoms with van der Waals surface area (Å²) in [6.45, 7) is 21.4. The second kappa shape index (κ2) is 14.5. The fourth-order valence-electron chi connectivity index (χ4n) is 12.6. The lowest BCUT2D eigenvalue weighted by molar-refractivity contribution is -0.213. The zero-order valence-electron chi connectivity index (χ0n) is 33.5. The number of aliphatic carboxylic acids is 1. The standard InChI is InChI=1S/C43H70N2O6/c1-10-14-35(47)51-33-19-20-40(7)31(39(33,5)6)18-21-42(9)32(40)17-16-29-30-27-38(3,4)22-24-43(30,25-23-41(29,42)8)37(50)44-26-13-11-12-15-34(46)45-28(2)36(48)49/h16,28,30-33H,10-15,17-27H2,1-9H3,(H,44,50)(H,45,46)(H,48,49)/t28-,30?,31?,32?,33-,40-,41+,42+,43-/m0/s1. The molecule has 5 aliphatic rings. The minimum Gasteiger partial charge on any atom is -0.480 e. The Balaban J connectivity index is 1.31. The maximum atomic E-state index is 14.4. The fourth-order valence-corrected chi connectivity index (χ4v) is 12.6. The molecule has 5 aliphatic carbocycles. The fraction of sp³-hybridized carbons (Fsp3) is 0.860. The number of carbonyl (C=O) groups excluding carboxylic acids is 3. The van der Waals surface area contributed by atoms with E-state index in [0.29, 0.717) is 37.6 Å². The van der Waals surface area contributed by atoms with Gasteiger partial charge in [-0.25, -0.2) is 0 Å². The maximum Gasteiger partial charge on any atom is 0.325 e. The van der Waals surface area contributed by atoms with E-state index in [0.717, 1.165) is 77.0 Å². The third kappa shape index (κ3) is 7.04. The van der Waals surface area contributed by atoms with Crippen molar-refractivity contribution in [1.82, 2.24) is 10.6 Å². The minimum absolute atomic E-state index is 0.0188. The van der Waals surface area contributed by atoms with E-state index in [1.807, 2.05) is 6.92 Å². The van der Waals surface area contributed by atoms with Gasteiger partial charge in [-0.15, -0.1) is 0 Å². The highest BCUT2D eigenvalue weighted by atomic mass is 16.5. The van der Waals surface area contributed by atoms with Crippen LogP contribution in [0.1, 0.15) is 165 Å². The number of ether oxygens (including phenoxy) is 1. The molecule has 0 heterocycles. The molecule has 0 aromatic carbocycles. The van der Waals surface area contributed by atoms with Crippen LogP contribution in [0.5, 0.6) is 0 Å². The molecule has 0 radical (unpaired) electrons. The van der Waals surface area contributed by atoms with Crippen LogP contribution in [0, 0.1) is 50.2 Å². The second-order valence-electron chi connectivity index (χ2n) is 19.7. The Morgan fingerprint density at radius 1 is 0.882 bits per heavy atom. The molecule has 0 aromatic rings. The van der Waals surface area contributed by atoms with Crippen molar-refractivity contribution in [2.24, 2.45) is 50.2 Å². The number of carboxylic acids is 1. The van der Waals surface area contributed by atoms with Crippen molar-refractivity contribution in [1.29, 1.82) is 0 Å². The summed E-state index contributed by atoms with van der Waals surface area (Å²) in [6.07, 6.45) is 16.9. The largest absolute Gasteiger partial charge is 0.480 e. The van der Waals surface area contributed by atoms with Crippen LogP contribution in [-0.2, 0) is 23.9 Å². The molecule has 0 bridgehead atoms. The lowest BCUT2D eigenvalue weighted by Crippen LogP contribution is -2.65. The van der Waals surface area contributed by atoms with Gasteiger partial charge in [0.05, 0.1) is 5.41 Å². The summed E-state index contributed by atoms with van der Waals surface area (Å²) >= 11 is 0. The van der Waals surface area contributed by atoms with Crippen LogP contribution >= 0.6 is 0 Å². The summed E-state index contributed by atoms with van der Waals surface area (Å²) in [5.74, 6) is 0.196. The molecule has 4 fully saturated rings. The van der Waals surface area contributed by atoms with E-state index < -0.39 is 12.0 Å². The Labute approximate surface area is 308 Å². The van der Waals surface area contributed by atoms with Gasteiger partial charge in [-0.2, -0.15) is 0 Å². The van der Waals surface area contributed by atoms with Crippen LogP contribution < -0.4 is 10.6 Å². The highest BCUT2D eigenvalue weighted by molar-refractivity contribution is 5.84. The summed E-state index contributed by atoms with van der Waals surface area (Å²) in [6, 6.07) is -0.886. The maximum absolute atomic E-state index is 14.4. The number of rotatable bonds is 12. The van der Waals surface area contributed by atoms with Gasteiger partial charge in [0.25, 0.3) is 0 Å². The number of hydrogen-bond acceptors (Lipinski definition) is 5. The summed E-state index contributed by atoms with van der Waals surface area (Å²) < 4.78 is 6.17. The third-order valence-corrected chi connectivity index (χ3v) is 15.9. The van der Waals surface area contributed by atoms with Crippen molar-refractivity contribution in [3.05, 3.63) is 11.6 Å². The molecule has 5 rings (SSSR count). The van der Waals surface area contributed by atoms with Gasteiger partial charge in [-0.05, 0) is 130 Å². The Morgan fingerprint density at radius 3 is 2.27 bits per heavy atom. The molecule has 9 atom stereocenters. The van der Waals surface area contributed by atoms with E-state index in [1.54, 1.807) is 5.57 Å². The zero-order chi connectivity index (χ0) is 37.6. The number of unbranched alkanes of at least 4 members (excludes halogenated alkanes) is 2. The van der Waals surface area contributed by atoms with E-state index >= 15 is 0 Å². The summed E-state index contributed by atoms with van der Waals surface area (Å²) in [7, 11) is 0. The van der Waals surface area contributed by atoms with Gasteiger partial charge < -0.3 is 20.5 Å². The molecule has 0 saturated heterocycles. The van der Waals surface area contributed by atoms with Gasteiger partial charge in [0.2, 0.25) is 11.8 Å². The number of nitrogens with one attached hydrogen (secondary N) is 2. The van der Waals surface area contributed by atoms with E-state index in [4.69, 9.17) is 9.84 Å². The summed E-state index contributed by atoms with van der Waals surface area (Å²) in [4.78, 5) is 50.1. The molecule has 8 heteroatoms. The monoisotopic (exact) mass is 711 g/mol. The lowest BCUT2D eigenvalue weighted by atomic mass is 9.33. The first-order valence-electron chi connectivity index (χ1n) is 20.5. The van der Waals surface area contributed by atoms with Crippen LogP contribution in [0.2, 0.25) is 0 Å². The predicted octanol–water partition coefficient (Wildman–Crippen LogP) is 8.77. The molecular formula is C43H70N2O6. The number of fused-ring (bicyclic) bond motifs is 7. The van der Waals surface area contributed by atoms with Crippen LogP contribution in [0.3, 0.4) is 0 Å². The first kappa shape index (κ1) is 39.8. The number of carbonyl (C=O) groups is 4. The first-order chi connectivity index (χ1) is 23.8. The number of allylic oxidation sites excluding steroid dienone is 2. The van der Waals surface area contributed by atoms with Crippen LogP contribution in [0.15, 0.2) is 11.6 Å². The van der Waals surface area contributed by atoms with Gasteiger partial charge in [0.1, 0.15) is 12.1 Å². The quantitative estimate of drug-likeness (QED) is 0.106. The lowest BCUT2D eigenvalue weighted by Gasteiger charge is -2.71. The van der Waals surface area contributed by atoms with Gasteiger partial charge in [0, 0.05) is 24.8 Å². The molecule has 0 spiro atoms. The average molecular weight is 711 g/mol. The van der Waals surface area contributed by atoms with E-state index in [2.05, 4.69) is 65.2 Å². The number of hydrogen-bond donors (Lipinski definition) is 3. The Morgan fingerprint density at radius 2 is 1.59 bits per heavy atom. The van der Waals surface area contributed by atoms with Crippen LogP contribution in [0.4, 0.5) is 0 Å². The molecule has 2 amide bonds. The highest BCUT2D eigenvalue weighted by Gasteiger charge is 2.69. The molecule has 3 N–H and O–H groups in total. The van der Waals surface area contributed by atoms with Crippen LogP contribution in [0.25, 0.3) is 0 Å². The topological polar surface area (TPSA) is 122 Å². The third-order valence-electron chi connectivity index (χ3n) is 15.9. The van der Waals surface area contributed by atoms with E-state index in [9.17, 15) is 19.2 Å². The van der Waals surface area contributed by atoms with Gasteiger partial charge in [-0.3, -0.25) is 19.2 Å². The molecular weight excluding hydrogens is 640 g/mol. The van der Waals surface area contributed by atoms with Crippen molar-refractivity contribution in [3.8, 4) is 0 Å².